The van der Waals surface area contributed by atoms with Gasteiger partial charge in [-0.25, -0.2) is 0 Å². The van der Waals surface area contributed by atoms with Gasteiger partial charge in [0, 0.05) is 6.54 Å². The van der Waals surface area contributed by atoms with Crippen molar-refractivity contribution < 1.29 is 4.79 Å². The molecule has 1 aliphatic rings. The van der Waals surface area contributed by atoms with E-state index in [1.165, 1.54) is 18.4 Å². The molecule has 3 N–H and O–H groups in total. The minimum absolute atomic E-state index is 0.101. The van der Waals surface area contributed by atoms with Gasteiger partial charge in [-0.3, -0.25) is 4.79 Å². The summed E-state index contributed by atoms with van der Waals surface area (Å²) in [7, 11) is 0. The topological polar surface area (TPSA) is 55.1 Å². The van der Waals surface area contributed by atoms with Gasteiger partial charge in [-0.2, -0.15) is 0 Å². The van der Waals surface area contributed by atoms with Crippen LogP contribution in [0.15, 0.2) is 24.3 Å². The maximum absolute atomic E-state index is 12.0. The monoisotopic (exact) mass is 260 g/mol. The first kappa shape index (κ1) is 14.1. The maximum Gasteiger partial charge on any atom is 0.224 e. The second-order valence-corrected chi connectivity index (χ2v) is 5.85. The van der Waals surface area contributed by atoms with Gasteiger partial charge in [0.05, 0.1) is 6.42 Å². The first-order valence-corrected chi connectivity index (χ1v) is 7.16. The highest BCUT2D eigenvalue weighted by Crippen LogP contribution is 2.36. The number of hydrogen-bond acceptors (Lipinski definition) is 2. The van der Waals surface area contributed by atoms with Gasteiger partial charge in [0.1, 0.15) is 0 Å². The molecule has 0 atom stereocenters. The Kier molecular flexibility index (Phi) is 4.59. The van der Waals surface area contributed by atoms with Crippen molar-refractivity contribution in [2.45, 2.75) is 39.0 Å². The van der Waals surface area contributed by atoms with Gasteiger partial charge >= 0.3 is 0 Å². The van der Waals surface area contributed by atoms with Gasteiger partial charge in [-0.05, 0) is 37.3 Å². The minimum Gasteiger partial charge on any atom is -0.355 e. The Labute approximate surface area is 115 Å². The van der Waals surface area contributed by atoms with Crippen molar-refractivity contribution >= 4 is 5.91 Å². The van der Waals surface area contributed by atoms with Crippen LogP contribution in [0.25, 0.3) is 0 Å². The van der Waals surface area contributed by atoms with Gasteiger partial charge in [-0.1, -0.05) is 42.7 Å². The lowest BCUT2D eigenvalue weighted by molar-refractivity contribution is -0.120. The fraction of sp³-hybridized carbons (Fsp3) is 0.562. The highest BCUT2D eigenvalue weighted by molar-refractivity contribution is 5.78. The lowest BCUT2D eigenvalue weighted by Crippen LogP contribution is -2.41. The molecule has 0 aliphatic heterocycles. The van der Waals surface area contributed by atoms with Crippen molar-refractivity contribution in [2.75, 3.05) is 13.1 Å². The molecule has 1 aromatic rings. The molecule has 0 spiro atoms. The predicted octanol–water partition coefficient (Wildman–Crippen LogP) is 2.17. The first-order valence-electron chi connectivity index (χ1n) is 7.16. The fourth-order valence-electron chi connectivity index (χ4n) is 2.82. The summed E-state index contributed by atoms with van der Waals surface area (Å²) in [6.45, 7) is 3.46. The van der Waals surface area contributed by atoms with Crippen LogP contribution >= 0.6 is 0 Å². The Balaban J connectivity index is 1.82. The zero-order valence-electron chi connectivity index (χ0n) is 11.7. The Morgan fingerprint density at radius 1 is 1.26 bits per heavy atom. The quantitative estimate of drug-likeness (QED) is 0.852. The van der Waals surface area contributed by atoms with Crippen LogP contribution in [-0.4, -0.2) is 19.0 Å². The molecule has 3 heteroatoms. The van der Waals surface area contributed by atoms with Crippen LogP contribution in [-0.2, 0) is 11.2 Å². The molecule has 0 saturated heterocycles. The average molecular weight is 260 g/mol. The molecule has 0 heterocycles. The number of benzene rings is 1. The van der Waals surface area contributed by atoms with Crippen LogP contribution in [0.5, 0.6) is 0 Å². The molecule has 2 rings (SSSR count). The Hall–Kier alpha value is -1.35. The van der Waals surface area contributed by atoms with E-state index < -0.39 is 0 Å². The summed E-state index contributed by atoms with van der Waals surface area (Å²) >= 11 is 0. The molecule has 1 aliphatic carbocycles. The lowest BCUT2D eigenvalue weighted by Gasteiger charge is -2.27. The van der Waals surface area contributed by atoms with Crippen molar-refractivity contribution in [2.24, 2.45) is 11.1 Å². The number of rotatable bonds is 5. The molecule has 1 aromatic carbocycles. The second-order valence-electron chi connectivity index (χ2n) is 5.85. The number of hydrogen-bond donors (Lipinski definition) is 2. The summed E-state index contributed by atoms with van der Waals surface area (Å²) < 4.78 is 0. The summed E-state index contributed by atoms with van der Waals surface area (Å²) in [6.07, 6.45) is 5.24. The lowest BCUT2D eigenvalue weighted by atomic mass is 9.86. The summed E-state index contributed by atoms with van der Waals surface area (Å²) in [4.78, 5) is 12.0. The SMILES string of the molecule is Cc1ccc(CC(=O)NCC2(CN)CCCC2)cc1. The normalized spacial score (nSPS) is 17.4. The zero-order valence-corrected chi connectivity index (χ0v) is 11.7. The molecular formula is C16H24N2O. The summed E-state index contributed by atoms with van der Waals surface area (Å²) in [5.74, 6) is 0.101. The Bertz CT molecular complexity index is 419. The second kappa shape index (κ2) is 6.20. The van der Waals surface area contributed by atoms with Gasteiger partial charge in [0.2, 0.25) is 5.91 Å². The molecule has 3 nitrogen and oxygen atoms in total. The van der Waals surface area contributed by atoms with Crippen molar-refractivity contribution in [1.29, 1.82) is 0 Å². The minimum atomic E-state index is 0.101. The van der Waals surface area contributed by atoms with E-state index in [9.17, 15) is 4.79 Å². The largest absolute Gasteiger partial charge is 0.355 e. The van der Waals surface area contributed by atoms with E-state index in [0.717, 1.165) is 24.9 Å². The fourth-order valence-corrected chi connectivity index (χ4v) is 2.82. The molecule has 0 radical (unpaired) electrons. The van der Waals surface area contributed by atoms with E-state index in [0.29, 0.717) is 13.0 Å². The highest BCUT2D eigenvalue weighted by Gasteiger charge is 2.32. The molecule has 0 bridgehead atoms. The van der Waals surface area contributed by atoms with Gasteiger partial charge < -0.3 is 11.1 Å². The van der Waals surface area contributed by atoms with Gasteiger partial charge in [-0.15, -0.1) is 0 Å². The predicted molar refractivity (Wildman–Crippen MR) is 77.8 cm³/mol. The molecule has 0 unspecified atom stereocenters. The maximum atomic E-state index is 12.0. The first-order chi connectivity index (χ1) is 9.13. The average Bonchev–Trinajstić information content (AvgIpc) is 2.89. The van der Waals surface area contributed by atoms with Gasteiger partial charge in [0.25, 0.3) is 0 Å². The van der Waals surface area contributed by atoms with Crippen molar-refractivity contribution in [3.05, 3.63) is 35.4 Å². The molecule has 1 fully saturated rings. The van der Waals surface area contributed by atoms with E-state index in [1.54, 1.807) is 0 Å². The van der Waals surface area contributed by atoms with Crippen LogP contribution in [0.2, 0.25) is 0 Å². The van der Waals surface area contributed by atoms with Crippen molar-refractivity contribution in [3.63, 3.8) is 0 Å². The Morgan fingerprint density at radius 2 is 1.89 bits per heavy atom. The van der Waals surface area contributed by atoms with Crippen molar-refractivity contribution in [3.8, 4) is 0 Å². The third-order valence-corrected chi connectivity index (χ3v) is 4.24. The number of aryl methyl sites for hydroxylation is 1. The third-order valence-electron chi connectivity index (χ3n) is 4.24. The number of nitrogens with one attached hydrogen (secondary N) is 1. The van der Waals surface area contributed by atoms with E-state index >= 15 is 0 Å². The molecule has 1 amide bonds. The third kappa shape index (κ3) is 3.80. The van der Waals surface area contributed by atoms with Crippen molar-refractivity contribution in [1.82, 2.24) is 5.32 Å². The van der Waals surface area contributed by atoms with E-state index in [4.69, 9.17) is 5.73 Å². The molecule has 1 saturated carbocycles. The van der Waals surface area contributed by atoms with Crippen LogP contribution in [0.3, 0.4) is 0 Å². The van der Waals surface area contributed by atoms with E-state index in [1.807, 2.05) is 24.3 Å². The molecule has 19 heavy (non-hydrogen) atoms. The Morgan fingerprint density at radius 3 is 2.47 bits per heavy atom. The van der Waals surface area contributed by atoms with Crippen LogP contribution in [0.4, 0.5) is 0 Å². The van der Waals surface area contributed by atoms with Gasteiger partial charge in [0.15, 0.2) is 0 Å². The summed E-state index contributed by atoms with van der Waals surface area (Å²) in [6, 6.07) is 8.12. The summed E-state index contributed by atoms with van der Waals surface area (Å²) in [5, 5.41) is 3.06. The number of nitrogens with two attached hydrogens (primary N) is 1. The van der Waals surface area contributed by atoms with Crippen LogP contribution in [0, 0.1) is 12.3 Å². The van der Waals surface area contributed by atoms with E-state index in [2.05, 4.69) is 12.2 Å². The molecule has 0 aromatic heterocycles. The smallest absolute Gasteiger partial charge is 0.224 e. The number of amides is 1. The summed E-state index contributed by atoms with van der Waals surface area (Å²) in [5.41, 5.74) is 8.31. The van der Waals surface area contributed by atoms with Crippen LogP contribution in [0.1, 0.15) is 36.8 Å². The number of carbonyl (C=O) groups is 1. The standard InChI is InChI=1S/C16H24N2O/c1-13-4-6-14(7-5-13)10-15(19)18-12-16(11-17)8-2-3-9-16/h4-7H,2-3,8-12,17H2,1H3,(H,18,19). The number of carbonyl (C=O) groups excluding carboxylic acids is 1. The van der Waals surface area contributed by atoms with E-state index in [-0.39, 0.29) is 11.3 Å². The molecular weight excluding hydrogens is 236 g/mol. The zero-order chi connectivity index (χ0) is 13.7. The highest BCUT2D eigenvalue weighted by atomic mass is 16.1. The van der Waals surface area contributed by atoms with Crippen LogP contribution < -0.4 is 11.1 Å². The molecule has 104 valence electrons.